The lowest BCUT2D eigenvalue weighted by atomic mass is 10.2. The number of anilines is 4. The van der Waals surface area contributed by atoms with Crippen LogP contribution in [-0.2, 0) is 0 Å². The van der Waals surface area contributed by atoms with E-state index in [1.807, 2.05) is 55.5 Å². The van der Waals surface area contributed by atoms with Crippen molar-refractivity contribution < 1.29 is 9.47 Å². The fraction of sp³-hybridized carbons (Fsp3) is 0.158. The van der Waals surface area contributed by atoms with Crippen LogP contribution in [0.4, 0.5) is 23.1 Å². The molecule has 0 bridgehead atoms. The van der Waals surface area contributed by atoms with Gasteiger partial charge in [-0.3, -0.25) is 0 Å². The second-order valence-electron chi connectivity index (χ2n) is 5.54. The average Bonchev–Trinajstić information content (AvgIpc) is 2.63. The van der Waals surface area contributed by atoms with E-state index < -0.39 is 0 Å². The van der Waals surface area contributed by atoms with E-state index in [1.165, 1.54) is 0 Å². The molecule has 26 heavy (non-hydrogen) atoms. The molecular weight excluding hydrogens is 352 g/mol. The Morgan fingerprint density at radius 3 is 2.19 bits per heavy atom. The Bertz CT molecular complexity index is 901. The highest BCUT2D eigenvalue weighted by atomic mass is 35.5. The van der Waals surface area contributed by atoms with Crippen LogP contribution in [0.3, 0.4) is 0 Å². The second kappa shape index (κ2) is 7.93. The Hall–Kier alpha value is -2.99. The van der Waals surface area contributed by atoms with E-state index in [0.717, 1.165) is 17.1 Å². The van der Waals surface area contributed by atoms with Crippen molar-refractivity contribution in [1.29, 1.82) is 0 Å². The van der Waals surface area contributed by atoms with Crippen molar-refractivity contribution in [3.63, 3.8) is 0 Å². The van der Waals surface area contributed by atoms with E-state index in [1.54, 1.807) is 14.2 Å². The molecule has 3 rings (SSSR count). The summed E-state index contributed by atoms with van der Waals surface area (Å²) in [6, 6.07) is 14.8. The molecule has 0 aliphatic rings. The summed E-state index contributed by atoms with van der Waals surface area (Å²) in [6.07, 6.45) is 0. The molecular formula is C19H19ClN4O2. The molecule has 6 nitrogen and oxygen atoms in total. The third kappa shape index (κ3) is 4.34. The average molecular weight is 371 g/mol. The Morgan fingerprint density at radius 1 is 0.808 bits per heavy atom. The van der Waals surface area contributed by atoms with Gasteiger partial charge in [0, 0.05) is 34.2 Å². The smallest absolute Gasteiger partial charge is 0.229 e. The first-order valence-corrected chi connectivity index (χ1v) is 8.32. The summed E-state index contributed by atoms with van der Waals surface area (Å²) in [5, 5.41) is 7.11. The number of ether oxygens (including phenoxy) is 2. The molecule has 2 N–H and O–H groups in total. The number of halogens is 1. The molecule has 1 aromatic heterocycles. The van der Waals surface area contributed by atoms with E-state index >= 15 is 0 Å². The lowest BCUT2D eigenvalue weighted by Gasteiger charge is -2.12. The number of methoxy groups -OCH3 is 2. The molecule has 1 heterocycles. The van der Waals surface area contributed by atoms with Gasteiger partial charge in [0.2, 0.25) is 5.95 Å². The monoisotopic (exact) mass is 370 g/mol. The first-order chi connectivity index (χ1) is 12.6. The second-order valence-corrected chi connectivity index (χ2v) is 5.98. The fourth-order valence-electron chi connectivity index (χ4n) is 2.41. The third-order valence-electron chi connectivity index (χ3n) is 3.61. The third-order valence-corrected chi connectivity index (χ3v) is 3.86. The Morgan fingerprint density at radius 2 is 1.50 bits per heavy atom. The molecule has 0 fully saturated rings. The van der Waals surface area contributed by atoms with Crippen molar-refractivity contribution in [2.24, 2.45) is 0 Å². The maximum atomic E-state index is 5.91. The summed E-state index contributed by atoms with van der Waals surface area (Å²) >= 11 is 5.91. The van der Waals surface area contributed by atoms with E-state index in [-0.39, 0.29) is 0 Å². The van der Waals surface area contributed by atoms with Gasteiger partial charge in [-0.05, 0) is 43.3 Å². The van der Waals surface area contributed by atoms with Gasteiger partial charge < -0.3 is 20.1 Å². The number of benzene rings is 2. The van der Waals surface area contributed by atoms with E-state index in [2.05, 4.69) is 20.6 Å². The zero-order valence-electron chi connectivity index (χ0n) is 14.7. The number of rotatable bonds is 6. The summed E-state index contributed by atoms with van der Waals surface area (Å²) in [6.45, 7) is 1.91. The quantitative estimate of drug-likeness (QED) is 0.640. The van der Waals surface area contributed by atoms with Crippen molar-refractivity contribution >= 4 is 34.7 Å². The Balaban J connectivity index is 1.82. The Kier molecular flexibility index (Phi) is 5.43. The van der Waals surface area contributed by atoms with Crippen LogP contribution in [0, 0.1) is 6.92 Å². The fourth-order valence-corrected chi connectivity index (χ4v) is 2.54. The number of hydrogen-bond acceptors (Lipinski definition) is 6. The summed E-state index contributed by atoms with van der Waals surface area (Å²) < 4.78 is 10.6. The van der Waals surface area contributed by atoms with Crippen LogP contribution in [0.1, 0.15) is 5.69 Å². The van der Waals surface area contributed by atoms with Gasteiger partial charge in [-0.15, -0.1) is 0 Å². The van der Waals surface area contributed by atoms with Crippen molar-refractivity contribution in [2.75, 3.05) is 24.9 Å². The molecule has 0 aliphatic heterocycles. The summed E-state index contributed by atoms with van der Waals surface area (Å²) in [5.41, 5.74) is 2.52. The molecule has 0 saturated heterocycles. The van der Waals surface area contributed by atoms with Crippen molar-refractivity contribution in [1.82, 2.24) is 9.97 Å². The first-order valence-electron chi connectivity index (χ1n) is 7.94. The SMILES string of the molecule is COc1ccc(Nc2cc(C)nc(Nc3ccc(Cl)cc3)n2)cc1OC. The number of nitrogens with zero attached hydrogens (tertiary/aromatic N) is 2. The number of aromatic nitrogens is 2. The molecule has 7 heteroatoms. The predicted octanol–water partition coefficient (Wildman–Crippen LogP) is 4.94. The van der Waals surface area contributed by atoms with Gasteiger partial charge in [0.05, 0.1) is 14.2 Å². The van der Waals surface area contributed by atoms with Crippen LogP contribution in [0.2, 0.25) is 5.02 Å². The summed E-state index contributed by atoms with van der Waals surface area (Å²) in [5.74, 6) is 2.47. The molecule has 0 radical (unpaired) electrons. The van der Waals surface area contributed by atoms with Crippen LogP contribution >= 0.6 is 11.6 Å². The zero-order valence-corrected chi connectivity index (χ0v) is 15.5. The molecule has 134 valence electrons. The molecule has 2 aromatic carbocycles. The highest BCUT2D eigenvalue weighted by Gasteiger charge is 2.07. The molecule has 0 unspecified atom stereocenters. The normalized spacial score (nSPS) is 10.3. The van der Waals surface area contributed by atoms with Crippen LogP contribution in [0.5, 0.6) is 11.5 Å². The zero-order chi connectivity index (χ0) is 18.5. The molecule has 0 atom stereocenters. The van der Waals surface area contributed by atoms with Gasteiger partial charge in [0.1, 0.15) is 5.82 Å². The van der Waals surface area contributed by atoms with Crippen molar-refractivity contribution in [2.45, 2.75) is 6.92 Å². The molecule has 0 spiro atoms. The predicted molar refractivity (Wildman–Crippen MR) is 104 cm³/mol. The maximum absolute atomic E-state index is 5.91. The van der Waals surface area contributed by atoms with Gasteiger partial charge in [-0.25, -0.2) is 4.98 Å². The van der Waals surface area contributed by atoms with Crippen LogP contribution in [0.25, 0.3) is 0 Å². The van der Waals surface area contributed by atoms with Crippen LogP contribution in [-0.4, -0.2) is 24.2 Å². The van der Waals surface area contributed by atoms with E-state index in [0.29, 0.717) is 28.3 Å². The van der Waals surface area contributed by atoms with Crippen LogP contribution in [0.15, 0.2) is 48.5 Å². The number of aryl methyl sites for hydroxylation is 1. The topological polar surface area (TPSA) is 68.3 Å². The van der Waals surface area contributed by atoms with E-state index in [9.17, 15) is 0 Å². The summed E-state index contributed by atoms with van der Waals surface area (Å²) in [7, 11) is 3.21. The van der Waals surface area contributed by atoms with Gasteiger partial charge in [0.25, 0.3) is 0 Å². The lowest BCUT2D eigenvalue weighted by Crippen LogP contribution is -2.02. The minimum absolute atomic E-state index is 0.496. The Labute approximate surface area is 157 Å². The highest BCUT2D eigenvalue weighted by Crippen LogP contribution is 2.31. The van der Waals surface area contributed by atoms with Gasteiger partial charge in [-0.1, -0.05) is 11.6 Å². The van der Waals surface area contributed by atoms with E-state index in [4.69, 9.17) is 21.1 Å². The van der Waals surface area contributed by atoms with Gasteiger partial charge in [0.15, 0.2) is 11.5 Å². The lowest BCUT2D eigenvalue weighted by molar-refractivity contribution is 0.355. The van der Waals surface area contributed by atoms with Crippen molar-refractivity contribution in [3.05, 3.63) is 59.2 Å². The van der Waals surface area contributed by atoms with Gasteiger partial charge in [-0.2, -0.15) is 4.98 Å². The highest BCUT2D eigenvalue weighted by molar-refractivity contribution is 6.30. The molecule has 0 saturated carbocycles. The standard InChI is InChI=1S/C19H19ClN4O2/c1-12-10-18(22-15-8-9-16(25-2)17(11-15)26-3)24-19(21-12)23-14-6-4-13(20)5-7-14/h4-11H,1-3H3,(H2,21,22,23,24). The first kappa shape index (κ1) is 17.8. The molecule has 3 aromatic rings. The molecule has 0 aliphatic carbocycles. The maximum Gasteiger partial charge on any atom is 0.229 e. The summed E-state index contributed by atoms with van der Waals surface area (Å²) in [4.78, 5) is 8.92. The minimum Gasteiger partial charge on any atom is -0.493 e. The number of hydrogen-bond donors (Lipinski definition) is 2. The number of nitrogens with one attached hydrogen (secondary N) is 2. The molecule has 0 amide bonds. The minimum atomic E-state index is 0.496. The largest absolute Gasteiger partial charge is 0.493 e. The van der Waals surface area contributed by atoms with Crippen LogP contribution < -0.4 is 20.1 Å². The van der Waals surface area contributed by atoms with Gasteiger partial charge >= 0.3 is 0 Å². The van der Waals surface area contributed by atoms with Crippen molar-refractivity contribution in [3.8, 4) is 11.5 Å².